The van der Waals surface area contributed by atoms with Gasteiger partial charge in [-0.15, -0.1) is 3.89 Å². The van der Waals surface area contributed by atoms with Gasteiger partial charge in [0.25, 0.3) is 0 Å². The van der Waals surface area contributed by atoms with E-state index in [1.807, 2.05) is 35.9 Å². The number of benzene rings is 1. The second kappa shape index (κ2) is 6.33. The molecule has 3 heterocycles. The lowest BCUT2D eigenvalue weighted by molar-refractivity contribution is 0.628. The van der Waals surface area contributed by atoms with Gasteiger partial charge in [-0.2, -0.15) is 9.19 Å². The van der Waals surface area contributed by atoms with Gasteiger partial charge in [0.15, 0.2) is 12.3 Å². The van der Waals surface area contributed by atoms with E-state index in [4.69, 9.17) is 0 Å². The van der Waals surface area contributed by atoms with E-state index >= 15 is 0 Å². The fraction of sp³-hybridized carbons (Fsp3) is 0.111. The molecule has 0 spiro atoms. The summed E-state index contributed by atoms with van der Waals surface area (Å²) in [5.41, 5.74) is 4.71. The number of nitrogens with zero attached hydrogens (tertiary/aromatic N) is 4. The van der Waals surface area contributed by atoms with Crippen molar-refractivity contribution in [3.05, 3.63) is 66.5 Å². The monoisotopic (exact) mass is 356 g/mol. The van der Waals surface area contributed by atoms with Crippen molar-refractivity contribution in [2.45, 2.75) is 13.3 Å². The van der Waals surface area contributed by atoms with Gasteiger partial charge in [0.1, 0.15) is 17.2 Å². The maximum absolute atomic E-state index is 13.4. The topological polar surface area (TPSA) is 35.1 Å². The summed E-state index contributed by atoms with van der Waals surface area (Å²) in [7, 11) is 0. The van der Waals surface area contributed by atoms with E-state index in [0.717, 1.165) is 28.0 Å². The minimum atomic E-state index is -0.319. The van der Waals surface area contributed by atoms with Crippen LogP contribution in [0.25, 0.3) is 28.0 Å². The first kappa shape index (κ1) is 15.8. The molecule has 0 saturated carbocycles. The number of imidazole rings is 1. The van der Waals surface area contributed by atoms with Crippen molar-refractivity contribution in [1.82, 2.24) is 18.6 Å². The number of fused-ring (bicyclic) bond motifs is 1. The van der Waals surface area contributed by atoms with E-state index in [2.05, 4.69) is 10.1 Å². The zero-order valence-corrected chi connectivity index (χ0v) is 14.2. The summed E-state index contributed by atoms with van der Waals surface area (Å²) in [4.78, 5) is 4.24. The van der Waals surface area contributed by atoms with E-state index < -0.39 is 0 Å². The minimum absolute atomic E-state index is 0.0651. The Morgan fingerprint density at radius 1 is 1.08 bits per heavy atom. The molecule has 0 aliphatic heterocycles. The smallest absolute Gasteiger partial charge is 0.187 e. The number of halogens is 2. The number of aromatic nitrogens is 4. The van der Waals surface area contributed by atoms with Crippen molar-refractivity contribution in [2.24, 2.45) is 0 Å². The molecule has 0 bridgehead atoms. The van der Waals surface area contributed by atoms with E-state index in [1.165, 1.54) is 16.2 Å². The predicted octanol–water partition coefficient (Wildman–Crippen LogP) is 4.95. The maximum Gasteiger partial charge on any atom is 0.187 e. The van der Waals surface area contributed by atoms with Crippen LogP contribution in [-0.4, -0.2) is 18.6 Å². The van der Waals surface area contributed by atoms with Gasteiger partial charge in [-0.3, -0.25) is 0 Å². The van der Waals surface area contributed by atoms with Gasteiger partial charge in [-0.1, -0.05) is 6.92 Å². The largest absolute Gasteiger partial charge is 0.306 e. The Morgan fingerprint density at radius 2 is 1.84 bits per heavy atom. The number of hydrogen-bond donors (Lipinski definition) is 0. The molecule has 3 aromatic heterocycles. The van der Waals surface area contributed by atoms with Crippen LogP contribution in [-0.2, 0) is 6.42 Å². The van der Waals surface area contributed by atoms with Gasteiger partial charge >= 0.3 is 0 Å². The first-order valence-electron chi connectivity index (χ1n) is 7.81. The van der Waals surface area contributed by atoms with E-state index in [9.17, 15) is 8.28 Å². The molecule has 0 aliphatic rings. The molecule has 0 fully saturated rings. The average Bonchev–Trinajstić information content (AvgIpc) is 3.25. The molecule has 4 nitrogen and oxygen atoms in total. The summed E-state index contributed by atoms with van der Waals surface area (Å²) >= 11 is 0.0651. The third-order valence-electron chi connectivity index (χ3n) is 4.14. The van der Waals surface area contributed by atoms with Crippen molar-refractivity contribution in [3.63, 3.8) is 0 Å². The Bertz CT molecular complexity index is 1040. The van der Waals surface area contributed by atoms with Crippen LogP contribution in [0.2, 0.25) is 0 Å². The number of rotatable bonds is 4. The van der Waals surface area contributed by atoms with Crippen molar-refractivity contribution in [2.75, 3.05) is 0 Å². The summed E-state index contributed by atoms with van der Waals surface area (Å²) in [5.74, 6) is -0.319. The standard InChI is InChI=1S/C18H14F2N4S/c1-2-15-17(13-5-8-16-21-9-10-23(16)11-13)18(22-24(15)25-20)12-3-6-14(19)7-4-12/h3-11H,2H2,1H3. The summed E-state index contributed by atoms with van der Waals surface area (Å²) < 4.78 is 29.9. The van der Waals surface area contributed by atoms with E-state index in [0.29, 0.717) is 12.1 Å². The highest BCUT2D eigenvalue weighted by Crippen LogP contribution is 2.36. The summed E-state index contributed by atoms with van der Waals surface area (Å²) in [6, 6.07) is 9.92. The predicted molar refractivity (Wildman–Crippen MR) is 95.3 cm³/mol. The van der Waals surface area contributed by atoms with Gasteiger partial charge in [0, 0.05) is 35.3 Å². The SMILES string of the molecule is CCc1c(-c2ccc3nccn3c2)c(-c2ccc(F)cc2)nn1SF. The number of pyridine rings is 1. The highest BCUT2D eigenvalue weighted by Gasteiger charge is 2.21. The summed E-state index contributed by atoms with van der Waals surface area (Å²) in [5, 5.41) is 4.40. The Balaban J connectivity index is 1.98. The lowest BCUT2D eigenvalue weighted by Crippen LogP contribution is -1.94. The lowest BCUT2D eigenvalue weighted by atomic mass is 9.99. The molecule has 126 valence electrons. The summed E-state index contributed by atoms with van der Waals surface area (Å²) in [6.45, 7) is 1.96. The molecule has 0 unspecified atom stereocenters. The molecule has 0 saturated heterocycles. The highest BCUT2D eigenvalue weighted by atomic mass is 32.2. The minimum Gasteiger partial charge on any atom is -0.306 e. The second-order valence-electron chi connectivity index (χ2n) is 5.58. The van der Waals surface area contributed by atoms with Crippen LogP contribution in [0.5, 0.6) is 0 Å². The van der Waals surface area contributed by atoms with Crippen molar-refractivity contribution in [3.8, 4) is 22.4 Å². The molecule has 4 aromatic rings. The van der Waals surface area contributed by atoms with Crippen molar-refractivity contribution < 1.29 is 8.28 Å². The molecular weight excluding hydrogens is 342 g/mol. The van der Waals surface area contributed by atoms with Crippen LogP contribution in [0.4, 0.5) is 8.28 Å². The third-order valence-corrected chi connectivity index (χ3v) is 4.58. The number of hydrogen-bond acceptors (Lipinski definition) is 3. The van der Waals surface area contributed by atoms with Gasteiger partial charge in [-0.25, -0.2) is 9.37 Å². The fourth-order valence-corrected chi connectivity index (χ4v) is 3.40. The van der Waals surface area contributed by atoms with Crippen LogP contribution in [0.3, 0.4) is 0 Å². The fourth-order valence-electron chi connectivity index (χ4n) is 2.98. The first-order chi connectivity index (χ1) is 12.2. The Hall–Kier alpha value is -2.67. The highest BCUT2D eigenvalue weighted by molar-refractivity contribution is 7.92. The van der Waals surface area contributed by atoms with Crippen LogP contribution < -0.4 is 0 Å². The normalized spacial score (nSPS) is 11.3. The second-order valence-corrected chi connectivity index (χ2v) is 6.07. The molecule has 7 heteroatoms. The molecule has 1 aromatic carbocycles. The molecule has 0 amide bonds. The molecule has 0 N–H and O–H groups in total. The Labute approximate surface area is 147 Å². The van der Waals surface area contributed by atoms with Crippen LogP contribution in [0, 0.1) is 5.82 Å². The van der Waals surface area contributed by atoms with Crippen LogP contribution in [0.15, 0.2) is 55.0 Å². The van der Waals surface area contributed by atoms with Crippen LogP contribution >= 0.6 is 12.3 Å². The zero-order valence-electron chi connectivity index (χ0n) is 13.4. The Kier molecular flexibility index (Phi) is 4.01. The van der Waals surface area contributed by atoms with Gasteiger partial charge < -0.3 is 4.40 Å². The molecule has 0 aliphatic carbocycles. The first-order valence-corrected chi connectivity index (χ1v) is 8.48. The molecule has 4 rings (SSSR count). The molecule has 0 atom stereocenters. The Morgan fingerprint density at radius 3 is 2.56 bits per heavy atom. The van der Waals surface area contributed by atoms with Gasteiger partial charge in [-0.05, 0) is 42.8 Å². The lowest BCUT2D eigenvalue weighted by Gasteiger charge is -2.07. The molecular formula is C18H14F2N4S. The van der Waals surface area contributed by atoms with E-state index in [-0.39, 0.29) is 18.2 Å². The third kappa shape index (κ3) is 2.70. The maximum atomic E-state index is 13.4. The van der Waals surface area contributed by atoms with Crippen molar-refractivity contribution in [1.29, 1.82) is 0 Å². The summed E-state index contributed by atoms with van der Waals surface area (Å²) in [6.07, 6.45) is 6.14. The van der Waals surface area contributed by atoms with Crippen LogP contribution in [0.1, 0.15) is 12.6 Å². The van der Waals surface area contributed by atoms with Crippen molar-refractivity contribution >= 4 is 18.0 Å². The van der Waals surface area contributed by atoms with Gasteiger partial charge in [0.2, 0.25) is 0 Å². The zero-order chi connectivity index (χ0) is 17.4. The van der Waals surface area contributed by atoms with Gasteiger partial charge in [0.05, 0.1) is 5.69 Å². The average molecular weight is 356 g/mol. The quantitative estimate of drug-likeness (QED) is 0.519. The molecule has 25 heavy (non-hydrogen) atoms. The molecule has 0 radical (unpaired) electrons. The van der Waals surface area contributed by atoms with E-state index in [1.54, 1.807) is 18.3 Å².